The summed E-state index contributed by atoms with van der Waals surface area (Å²) < 4.78 is 22.1. The average Bonchev–Trinajstić information content (AvgIpc) is 3.40. The zero-order valence-electron chi connectivity index (χ0n) is 17.9. The highest BCUT2D eigenvalue weighted by Crippen LogP contribution is 2.28. The van der Waals surface area contributed by atoms with E-state index in [9.17, 15) is 14.0 Å². The fourth-order valence-corrected chi connectivity index (χ4v) is 3.85. The van der Waals surface area contributed by atoms with Gasteiger partial charge in [0.1, 0.15) is 5.82 Å². The third kappa shape index (κ3) is 3.83. The van der Waals surface area contributed by atoms with E-state index in [1.54, 1.807) is 35.5 Å². The van der Waals surface area contributed by atoms with Crippen molar-refractivity contribution in [3.63, 3.8) is 0 Å². The summed E-state index contributed by atoms with van der Waals surface area (Å²) >= 11 is 0. The minimum absolute atomic E-state index is 0.199. The molecule has 1 unspecified atom stereocenters. The van der Waals surface area contributed by atoms with Gasteiger partial charge in [0, 0.05) is 18.3 Å². The van der Waals surface area contributed by atoms with Crippen molar-refractivity contribution in [2.45, 2.75) is 46.1 Å². The van der Waals surface area contributed by atoms with Crippen molar-refractivity contribution in [3.8, 4) is 5.69 Å². The summed E-state index contributed by atoms with van der Waals surface area (Å²) in [5, 5.41) is 11.5. The first-order valence-electron chi connectivity index (χ1n) is 10.1. The monoisotopic (exact) mass is 425 g/mol. The average molecular weight is 425 g/mol. The zero-order valence-corrected chi connectivity index (χ0v) is 17.9. The molecule has 0 spiro atoms. The number of halogens is 1. The van der Waals surface area contributed by atoms with Gasteiger partial charge in [0.2, 0.25) is 0 Å². The van der Waals surface area contributed by atoms with Crippen molar-refractivity contribution in [2.75, 3.05) is 5.32 Å². The minimum atomic E-state index is -1.01. The number of carbonyl (C=O) groups excluding carboxylic acids is 2. The molecule has 1 aromatic carbocycles. The first kappa shape index (κ1) is 20.8. The van der Waals surface area contributed by atoms with Gasteiger partial charge in [-0.05, 0) is 64.3 Å². The fraction of sp³-hybridized carbons (Fsp3) is 0.364. The summed E-state index contributed by atoms with van der Waals surface area (Å²) in [6.07, 6.45) is 1.35. The second kappa shape index (κ2) is 7.98. The molecule has 1 atom stereocenters. The van der Waals surface area contributed by atoms with Gasteiger partial charge in [-0.2, -0.15) is 10.2 Å². The highest BCUT2D eigenvalue weighted by molar-refractivity contribution is 5.98. The maximum Gasteiger partial charge on any atom is 0.359 e. The molecule has 3 aromatic rings. The summed E-state index contributed by atoms with van der Waals surface area (Å²) in [6.45, 7) is 5.16. The Morgan fingerprint density at radius 2 is 1.87 bits per heavy atom. The molecule has 2 heterocycles. The number of benzene rings is 1. The Hall–Kier alpha value is -3.49. The molecule has 9 heteroatoms. The number of aryl methyl sites for hydroxylation is 2. The fourth-order valence-electron chi connectivity index (χ4n) is 3.85. The van der Waals surface area contributed by atoms with E-state index in [0.29, 0.717) is 23.5 Å². The number of esters is 1. The Morgan fingerprint density at radius 3 is 2.52 bits per heavy atom. The molecular weight excluding hydrogens is 401 g/mol. The Morgan fingerprint density at radius 1 is 1.16 bits per heavy atom. The molecule has 0 fully saturated rings. The molecular formula is C22H24FN5O3. The molecule has 0 bridgehead atoms. The normalized spacial score (nSPS) is 13.7. The first-order chi connectivity index (χ1) is 14.8. The molecule has 0 saturated heterocycles. The predicted octanol–water partition coefficient (Wildman–Crippen LogP) is 3.03. The molecule has 1 N–H and O–H groups in total. The Bertz CT molecular complexity index is 1160. The van der Waals surface area contributed by atoms with Gasteiger partial charge in [-0.1, -0.05) is 0 Å². The van der Waals surface area contributed by atoms with Crippen LogP contribution in [0.5, 0.6) is 0 Å². The largest absolute Gasteiger partial charge is 0.448 e. The van der Waals surface area contributed by atoms with Crippen LogP contribution in [-0.2, 0) is 29.4 Å². The number of rotatable bonds is 5. The van der Waals surface area contributed by atoms with Crippen LogP contribution in [0.1, 0.15) is 46.5 Å². The smallest absolute Gasteiger partial charge is 0.359 e. The number of aromatic nitrogens is 4. The number of nitrogens with one attached hydrogen (secondary N) is 1. The van der Waals surface area contributed by atoms with E-state index in [2.05, 4.69) is 15.5 Å². The van der Waals surface area contributed by atoms with Gasteiger partial charge in [0.05, 0.1) is 22.8 Å². The molecule has 0 saturated carbocycles. The third-order valence-corrected chi connectivity index (χ3v) is 5.61. The number of hydrogen-bond acceptors (Lipinski definition) is 5. The molecule has 1 amide bonds. The highest BCUT2D eigenvalue weighted by Gasteiger charge is 2.30. The number of fused-ring (bicyclic) bond motifs is 1. The second-order valence-electron chi connectivity index (χ2n) is 7.72. The van der Waals surface area contributed by atoms with Crippen LogP contribution in [0.15, 0.2) is 24.3 Å². The van der Waals surface area contributed by atoms with E-state index >= 15 is 0 Å². The minimum Gasteiger partial charge on any atom is -0.448 e. The maximum absolute atomic E-state index is 13.3. The molecule has 162 valence electrons. The number of amides is 1. The lowest BCUT2D eigenvalue weighted by Crippen LogP contribution is -2.30. The number of hydrogen-bond donors (Lipinski definition) is 1. The van der Waals surface area contributed by atoms with E-state index in [4.69, 9.17) is 4.74 Å². The maximum atomic E-state index is 13.3. The number of anilines is 1. The number of nitrogens with zero attached hydrogens (tertiary/aromatic N) is 4. The summed E-state index contributed by atoms with van der Waals surface area (Å²) in [4.78, 5) is 25.5. The SMILES string of the molecule is Cc1nn(C)c(C)c1NC(=O)C(C)OC(=O)c1nn(-c2ccc(F)cc2)c2c1CCC2. The van der Waals surface area contributed by atoms with Crippen molar-refractivity contribution in [2.24, 2.45) is 7.05 Å². The van der Waals surface area contributed by atoms with Gasteiger partial charge in [-0.3, -0.25) is 9.48 Å². The number of carbonyl (C=O) groups is 2. The molecule has 1 aliphatic rings. The van der Waals surface area contributed by atoms with Crippen molar-refractivity contribution >= 4 is 17.6 Å². The molecule has 0 radical (unpaired) electrons. The van der Waals surface area contributed by atoms with E-state index in [1.807, 2.05) is 6.92 Å². The Balaban J connectivity index is 1.53. The van der Waals surface area contributed by atoms with Crippen LogP contribution in [0, 0.1) is 19.7 Å². The Kier molecular flexibility index (Phi) is 5.34. The summed E-state index contributed by atoms with van der Waals surface area (Å²) in [7, 11) is 1.79. The van der Waals surface area contributed by atoms with Gasteiger partial charge in [-0.15, -0.1) is 0 Å². The lowest BCUT2D eigenvalue weighted by atomic mass is 10.2. The first-order valence-corrected chi connectivity index (χ1v) is 10.1. The molecule has 8 nitrogen and oxygen atoms in total. The van der Waals surface area contributed by atoms with Crippen LogP contribution in [0.25, 0.3) is 5.69 Å². The predicted molar refractivity (Wildman–Crippen MR) is 112 cm³/mol. The molecule has 1 aliphatic carbocycles. The molecule has 2 aromatic heterocycles. The second-order valence-corrected chi connectivity index (χ2v) is 7.72. The summed E-state index contributed by atoms with van der Waals surface area (Å²) in [5.74, 6) is -1.44. The molecule has 0 aliphatic heterocycles. The van der Waals surface area contributed by atoms with E-state index < -0.39 is 18.0 Å². The van der Waals surface area contributed by atoms with Crippen LogP contribution >= 0.6 is 0 Å². The van der Waals surface area contributed by atoms with Crippen LogP contribution in [0.4, 0.5) is 10.1 Å². The van der Waals surface area contributed by atoms with Gasteiger partial charge < -0.3 is 10.1 Å². The van der Waals surface area contributed by atoms with E-state index in [-0.39, 0.29) is 11.5 Å². The van der Waals surface area contributed by atoms with Crippen LogP contribution in [0.3, 0.4) is 0 Å². The van der Waals surface area contributed by atoms with Gasteiger partial charge in [-0.25, -0.2) is 13.9 Å². The van der Waals surface area contributed by atoms with Gasteiger partial charge in [0.25, 0.3) is 5.91 Å². The van der Waals surface area contributed by atoms with Crippen LogP contribution in [0.2, 0.25) is 0 Å². The number of ether oxygens (including phenoxy) is 1. The lowest BCUT2D eigenvalue weighted by Gasteiger charge is -2.13. The van der Waals surface area contributed by atoms with E-state index in [0.717, 1.165) is 29.8 Å². The Labute approximate surface area is 179 Å². The summed E-state index contributed by atoms with van der Waals surface area (Å²) in [6, 6.07) is 5.94. The quantitative estimate of drug-likeness (QED) is 0.635. The topological polar surface area (TPSA) is 91.0 Å². The van der Waals surface area contributed by atoms with Crippen molar-refractivity contribution < 1.29 is 18.7 Å². The van der Waals surface area contributed by atoms with E-state index in [1.165, 1.54) is 19.1 Å². The van der Waals surface area contributed by atoms with Gasteiger partial charge in [0.15, 0.2) is 11.8 Å². The molecule has 4 rings (SSSR count). The van der Waals surface area contributed by atoms with Crippen molar-refractivity contribution in [3.05, 3.63) is 58.4 Å². The van der Waals surface area contributed by atoms with Crippen molar-refractivity contribution in [1.82, 2.24) is 19.6 Å². The summed E-state index contributed by atoms with van der Waals surface area (Å²) in [5.41, 5.74) is 4.70. The molecule has 31 heavy (non-hydrogen) atoms. The van der Waals surface area contributed by atoms with Gasteiger partial charge >= 0.3 is 5.97 Å². The highest BCUT2D eigenvalue weighted by atomic mass is 19.1. The van der Waals surface area contributed by atoms with Crippen molar-refractivity contribution in [1.29, 1.82) is 0 Å². The third-order valence-electron chi connectivity index (χ3n) is 5.61. The van der Waals surface area contributed by atoms with Crippen LogP contribution in [-0.4, -0.2) is 37.5 Å². The standard InChI is InChI=1S/C22H24FN5O3/c1-12-19(13(2)27(4)25-12)24-21(29)14(3)31-22(30)20-17-6-5-7-18(17)28(26-20)16-10-8-15(23)9-11-16/h8-11,14H,5-7H2,1-4H3,(H,24,29). The lowest BCUT2D eigenvalue weighted by molar-refractivity contribution is -0.123. The van der Waals surface area contributed by atoms with Crippen LogP contribution < -0.4 is 5.32 Å². The zero-order chi connectivity index (χ0) is 22.3.